The molecule has 37 heteroatoms. The highest BCUT2D eigenvalue weighted by Gasteiger charge is 2.51. The first kappa shape index (κ1) is 90.5. The monoisotopic (exact) mass is 1660 g/mol. The molecule has 0 radical (unpaired) electrons. The summed E-state index contributed by atoms with van der Waals surface area (Å²) in [5, 5.41) is 17.7. The molecule has 37 nitrogen and oxygen atoms in total. The number of anilines is 1. The molecular formula is C81H111N9O28. The van der Waals surface area contributed by atoms with Crippen molar-refractivity contribution in [3.8, 4) is 63.2 Å². The Bertz CT molecular complexity index is 4000. The minimum absolute atomic E-state index is 0.0933. The minimum Gasteiger partial charge on any atom is -0.497 e. The van der Waals surface area contributed by atoms with Crippen LogP contribution in [0.5, 0.6) is 63.2 Å². The van der Waals surface area contributed by atoms with Gasteiger partial charge in [0.1, 0.15) is 12.4 Å². The normalized spacial score (nSPS) is 17.4. The van der Waals surface area contributed by atoms with Crippen LogP contribution >= 0.6 is 0 Å². The summed E-state index contributed by atoms with van der Waals surface area (Å²) < 4.78 is 129. The fourth-order valence-electron chi connectivity index (χ4n) is 14.2. The molecule has 0 fully saturated rings. The largest absolute Gasteiger partial charge is 0.497 e. The summed E-state index contributed by atoms with van der Waals surface area (Å²) in [5.41, 5.74) is 11.4. The van der Waals surface area contributed by atoms with Crippen molar-refractivity contribution in [2.45, 2.75) is 24.7 Å². The lowest BCUT2D eigenvalue weighted by Gasteiger charge is -2.38. The highest BCUT2D eigenvalue weighted by atomic mass is 16.7. The van der Waals surface area contributed by atoms with Gasteiger partial charge in [-0.05, 0) is 95.1 Å². The summed E-state index contributed by atoms with van der Waals surface area (Å²) in [4.78, 5) is 56.4. The highest BCUT2D eigenvalue weighted by molar-refractivity contribution is 6.11. The fraction of sp³-hybridized carbons (Fsp3) is 0.556. The molecule has 4 aliphatic heterocycles. The number of nitrogens with zero attached hydrogens (tertiary/aromatic N) is 3. The number of hydrogen-bond acceptors (Lipinski definition) is 33. The molecule has 648 valence electrons. The fourth-order valence-corrected chi connectivity index (χ4v) is 14.2. The summed E-state index contributed by atoms with van der Waals surface area (Å²) in [6, 6.07) is 23.0. The molecule has 6 aliphatic rings. The van der Waals surface area contributed by atoms with E-state index in [-0.39, 0.29) is 88.3 Å². The summed E-state index contributed by atoms with van der Waals surface area (Å²) in [7, 11) is 11.0. The number of rotatable bonds is 54. The predicted molar refractivity (Wildman–Crippen MR) is 424 cm³/mol. The number of benzene rings is 5. The van der Waals surface area contributed by atoms with Crippen LogP contribution in [-0.2, 0) is 80.9 Å². The molecule has 0 spiro atoms. The van der Waals surface area contributed by atoms with Crippen LogP contribution in [0.2, 0.25) is 0 Å². The maximum Gasteiger partial charge on any atom is 0.236 e. The first-order valence-corrected chi connectivity index (χ1v) is 39.1. The van der Waals surface area contributed by atoms with Gasteiger partial charge in [-0.3, -0.25) is 35.0 Å². The molecule has 11 rings (SSSR count). The molecule has 4 heterocycles. The van der Waals surface area contributed by atoms with E-state index in [2.05, 4.69) is 15.8 Å². The second kappa shape index (κ2) is 48.9. The number of hydrazone groups is 1. The van der Waals surface area contributed by atoms with E-state index in [9.17, 15) is 19.2 Å². The van der Waals surface area contributed by atoms with Crippen LogP contribution < -0.4 is 90.3 Å². The van der Waals surface area contributed by atoms with Crippen molar-refractivity contribution in [2.24, 2.45) is 45.6 Å². The van der Waals surface area contributed by atoms with Crippen molar-refractivity contribution in [3.05, 3.63) is 106 Å². The van der Waals surface area contributed by atoms with Crippen LogP contribution in [0.3, 0.4) is 0 Å². The molecule has 118 heavy (non-hydrogen) atoms. The highest BCUT2D eigenvalue weighted by Crippen LogP contribution is 2.55. The van der Waals surface area contributed by atoms with E-state index in [1.54, 1.807) is 49.8 Å². The van der Waals surface area contributed by atoms with Gasteiger partial charge in [0.15, 0.2) is 46.0 Å². The number of oxime groups is 1. The van der Waals surface area contributed by atoms with Crippen LogP contribution in [0.15, 0.2) is 83.1 Å². The Morgan fingerprint density at radius 3 is 1.09 bits per heavy atom. The molecule has 4 amide bonds. The number of hydrazine groups is 2. The summed E-state index contributed by atoms with van der Waals surface area (Å²) in [6.07, 6.45) is 0.415. The van der Waals surface area contributed by atoms with Crippen molar-refractivity contribution in [3.63, 3.8) is 0 Å². The Morgan fingerprint density at radius 2 is 0.746 bits per heavy atom. The summed E-state index contributed by atoms with van der Waals surface area (Å²) >= 11 is 0. The minimum atomic E-state index is -0.614. The molecule has 0 saturated carbocycles. The first-order chi connectivity index (χ1) is 57.9. The quantitative estimate of drug-likeness (QED) is 0.0139. The second-order valence-electron chi connectivity index (χ2n) is 26.8. The maximum absolute atomic E-state index is 14.7. The lowest BCUT2D eigenvalue weighted by Crippen LogP contribution is -2.46. The zero-order valence-corrected chi connectivity index (χ0v) is 67.9. The van der Waals surface area contributed by atoms with Crippen LogP contribution in [0, 0.1) is 23.7 Å². The van der Waals surface area contributed by atoms with Crippen molar-refractivity contribution in [1.82, 2.24) is 21.5 Å². The molecule has 5 aromatic carbocycles. The Balaban J connectivity index is 0.000000263. The van der Waals surface area contributed by atoms with Gasteiger partial charge in [0.2, 0.25) is 48.7 Å². The number of nitrogens with one attached hydrogen (secondary N) is 4. The van der Waals surface area contributed by atoms with Crippen LogP contribution in [0.4, 0.5) is 5.69 Å². The van der Waals surface area contributed by atoms with Gasteiger partial charge >= 0.3 is 0 Å². The topological polar surface area (TPSA) is 418 Å². The van der Waals surface area contributed by atoms with E-state index < -0.39 is 23.7 Å². The summed E-state index contributed by atoms with van der Waals surface area (Å²) in [6.45, 7) is 10.8. The van der Waals surface area contributed by atoms with E-state index in [1.165, 1.54) is 0 Å². The molecule has 5 aromatic rings. The molecule has 0 aromatic heterocycles. The molecule has 6 atom stereocenters. The molecule has 0 saturated heterocycles. The Hall–Kier alpha value is -9.84. The lowest BCUT2D eigenvalue weighted by molar-refractivity contribution is -0.127. The van der Waals surface area contributed by atoms with E-state index >= 15 is 0 Å². The SMILES string of the molecule is COc1cc([C@@H]2c3cc4c(cc3C3=NOCC3[C@@H]2C(=O)NCCOCCOCCOCCOCCC(=O)NN)OCO4)cc(OC)c1OC.COc1ccc(N2C[C@@H]3C(=N2)c2cc4c(cc2[C@@H](c2cc(OC)c(OC)c(OC)c2)[C@H]3C(=O)NCCOCCOCCOCCOCCOCCOCCOCCOCCC(=O)NN)OCO4)cc1. The standard InChI is InChI=1S/C48H67N5O16.C33H44N4O12/c1-56-35-7-5-34(6-8-35)53-31-38-45(44(33-27-41(57-2)47(59-4)42(28-33)58-3)36-29-39-40(69-32-68-39)30-37(36)46(38)52-53)48(55)50-10-12-61-14-16-63-18-20-65-22-24-67-26-25-66-23-21-64-19-17-62-15-13-60-11-9-43(54)51-49;1-40-26-14-20(15-27(41-2)32(26)42-3)29-21-16-24-25(48-19-47-24)17-22(21)31-23(18-49-37-31)30(29)33(39)35-5-7-44-9-11-46-13-12-45-10-8-43-6-4-28(38)36-34/h5-8,27-30,38,44-45H,9-26,31-32,49H2,1-4H3,(H,50,55)(H,51,54);14-17,23,29-30H,4-13,18-19,34H2,1-3H3,(H,35,39)(H,36,38)/t38-,44+,45-;23?,29-,30+/m01/s1. The van der Waals surface area contributed by atoms with Crippen molar-refractivity contribution in [2.75, 3.05) is 253 Å². The van der Waals surface area contributed by atoms with E-state index in [0.717, 1.165) is 50.5 Å². The average molecular weight is 1660 g/mol. The molecule has 8 N–H and O–H groups in total. The Labute approximate surface area is 685 Å². The Kier molecular flexibility index (Phi) is 37.5. The molecular weight excluding hydrogens is 1550 g/mol. The van der Waals surface area contributed by atoms with Gasteiger partial charge in [0.05, 0.1) is 263 Å². The van der Waals surface area contributed by atoms with Crippen LogP contribution in [0.25, 0.3) is 0 Å². The van der Waals surface area contributed by atoms with E-state index in [1.807, 2.05) is 88.7 Å². The van der Waals surface area contributed by atoms with Gasteiger partial charge in [-0.2, -0.15) is 5.10 Å². The van der Waals surface area contributed by atoms with Crippen molar-refractivity contribution in [1.29, 1.82) is 0 Å². The van der Waals surface area contributed by atoms with Gasteiger partial charge in [-0.25, -0.2) is 11.7 Å². The van der Waals surface area contributed by atoms with E-state index in [4.69, 9.17) is 131 Å². The number of amides is 4. The third-order valence-electron chi connectivity index (χ3n) is 19.8. The second-order valence-corrected chi connectivity index (χ2v) is 26.8. The zero-order valence-electron chi connectivity index (χ0n) is 67.9. The van der Waals surface area contributed by atoms with E-state index in [0.29, 0.717) is 222 Å². The van der Waals surface area contributed by atoms with Gasteiger partial charge in [-0.1, -0.05) is 5.16 Å². The average Bonchev–Trinajstić information content (AvgIpc) is 1.47. The van der Waals surface area contributed by atoms with Crippen LogP contribution in [-0.4, -0.2) is 283 Å². The molecule has 2 aliphatic carbocycles. The predicted octanol–water partition coefficient (Wildman–Crippen LogP) is 3.80. The molecule has 0 bridgehead atoms. The third-order valence-corrected chi connectivity index (χ3v) is 19.8. The number of methoxy groups -OCH3 is 7. The number of ether oxygens (including phenoxy) is 23. The lowest BCUT2D eigenvalue weighted by atomic mass is 9.65. The zero-order chi connectivity index (χ0) is 83.2. The van der Waals surface area contributed by atoms with Gasteiger partial charge in [0.25, 0.3) is 0 Å². The number of fused-ring (bicyclic) bond motifs is 8. The smallest absolute Gasteiger partial charge is 0.236 e. The van der Waals surface area contributed by atoms with Gasteiger partial charge in [0, 0.05) is 42.0 Å². The number of carbonyl (C=O) groups is 4. The number of nitrogens with two attached hydrogens (primary N) is 2. The summed E-state index contributed by atoms with van der Waals surface area (Å²) in [5.74, 6) is 12.3. The van der Waals surface area contributed by atoms with Crippen LogP contribution in [0.1, 0.15) is 58.1 Å². The van der Waals surface area contributed by atoms with Gasteiger partial charge in [-0.15, -0.1) is 0 Å². The molecule has 1 unspecified atom stereocenters. The Morgan fingerprint density at radius 1 is 0.407 bits per heavy atom. The number of hydrogen-bond donors (Lipinski definition) is 6. The van der Waals surface area contributed by atoms with Gasteiger partial charge < -0.3 is 124 Å². The number of carbonyl (C=O) groups excluding carboxylic acids is 4. The third kappa shape index (κ3) is 25.1. The van der Waals surface area contributed by atoms with Crippen molar-refractivity contribution < 1.29 is 133 Å². The van der Waals surface area contributed by atoms with Crippen molar-refractivity contribution >= 4 is 40.7 Å². The first-order valence-electron chi connectivity index (χ1n) is 39.1. The maximum atomic E-state index is 14.7.